The Morgan fingerprint density at radius 3 is 2.56 bits per heavy atom. The van der Waals surface area contributed by atoms with Gasteiger partial charge in [0.25, 0.3) is 0 Å². The summed E-state index contributed by atoms with van der Waals surface area (Å²) in [7, 11) is 0. The summed E-state index contributed by atoms with van der Waals surface area (Å²) in [6, 6.07) is 0. The fourth-order valence-corrected chi connectivity index (χ4v) is 1.14. The molecule has 0 aromatic heterocycles. The number of halogens is 1. The zero-order chi connectivity index (χ0) is 6.91. The van der Waals surface area contributed by atoms with E-state index in [2.05, 4.69) is 5.32 Å². The molecular formula is C7H14FN. The first-order valence-electron chi connectivity index (χ1n) is 3.48. The van der Waals surface area contributed by atoms with Crippen LogP contribution in [0.3, 0.4) is 0 Å². The molecule has 1 N–H and O–H groups in total. The lowest BCUT2D eigenvalue weighted by Crippen LogP contribution is -2.43. The first-order chi connectivity index (χ1) is 4.13. The normalized spacial score (nSPS) is 34.3. The van der Waals surface area contributed by atoms with Gasteiger partial charge in [-0.3, -0.25) is 0 Å². The maximum atomic E-state index is 12.9. The van der Waals surface area contributed by atoms with Crippen molar-refractivity contribution in [3.05, 3.63) is 0 Å². The van der Waals surface area contributed by atoms with Crippen molar-refractivity contribution in [3.63, 3.8) is 0 Å². The highest BCUT2D eigenvalue weighted by molar-refractivity contribution is 4.84. The fraction of sp³-hybridized carbons (Fsp3) is 1.00. The van der Waals surface area contributed by atoms with Gasteiger partial charge in [0, 0.05) is 12.0 Å². The van der Waals surface area contributed by atoms with Crippen LogP contribution in [-0.4, -0.2) is 19.3 Å². The molecule has 0 spiro atoms. The molecule has 0 unspecified atom stereocenters. The first kappa shape index (κ1) is 7.00. The monoisotopic (exact) mass is 131 g/mol. The first-order valence-corrected chi connectivity index (χ1v) is 3.48. The summed E-state index contributed by atoms with van der Waals surface area (Å²) in [5.41, 5.74) is -0.141. The standard InChI is InChI=1S/C7H14FN/c1-7(2)5-9-4-3-6(7)8/h6,9H,3-5H2,1-2H3/t6-/m1/s1. The molecule has 54 valence electrons. The van der Waals surface area contributed by atoms with Crippen LogP contribution in [0.25, 0.3) is 0 Å². The third-order valence-corrected chi connectivity index (χ3v) is 2.00. The lowest BCUT2D eigenvalue weighted by molar-refractivity contribution is 0.104. The largest absolute Gasteiger partial charge is 0.316 e. The molecule has 1 aliphatic heterocycles. The van der Waals surface area contributed by atoms with E-state index in [0.29, 0.717) is 6.42 Å². The molecule has 0 aromatic carbocycles. The molecule has 0 aromatic rings. The van der Waals surface area contributed by atoms with Crippen molar-refractivity contribution in [2.45, 2.75) is 26.4 Å². The highest BCUT2D eigenvalue weighted by Crippen LogP contribution is 2.27. The van der Waals surface area contributed by atoms with Crippen molar-refractivity contribution in [1.82, 2.24) is 5.32 Å². The highest BCUT2D eigenvalue weighted by atomic mass is 19.1. The van der Waals surface area contributed by atoms with Crippen molar-refractivity contribution in [2.24, 2.45) is 5.41 Å². The van der Waals surface area contributed by atoms with Crippen molar-refractivity contribution in [1.29, 1.82) is 0 Å². The molecule has 0 bridgehead atoms. The molecule has 1 rings (SSSR count). The summed E-state index contributed by atoms with van der Waals surface area (Å²) < 4.78 is 12.9. The summed E-state index contributed by atoms with van der Waals surface area (Å²) in [6.45, 7) is 5.58. The molecule has 1 nitrogen and oxygen atoms in total. The molecule has 9 heavy (non-hydrogen) atoms. The highest BCUT2D eigenvalue weighted by Gasteiger charge is 2.31. The number of hydrogen-bond acceptors (Lipinski definition) is 1. The molecule has 1 atom stereocenters. The number of alkyl halides is 1. The summed E-state index contributed by atoms with van der Waals surface area (Å²) in [5, 5.41) is 3.17. The van der Waals surface area contributed by atoms with Gasteiger partial charge in [0.15, 0.2) is 0 Å². The average molecular weight is 131 g/mol. The van der Waals surface area contributed by atoms with E-state index in [1.807, 2.05) is 13.8 Å². The predicted molar refractivity (Wildman–Crippen MR) is 36.2 cm³/mol. The zero-order valence-corrected chi connectivity index (χ0v) is 6.08. The molecule has 2 heteroatoms. The van der Waals surface area contributed by atoms with Crippen LogP contribution in [0.5, 0.6) is 0 Å². The Balaban J connectivity index is 2.49. The number of rotatable bonds is 0. The van der Waals surface area contributed by atoms with Gasteiger partial charge in [0.1, 0.15) is 6.17 Å². The molecule has 1 fully saturated rings. The van der Waals surface area contributed by atoms with Crippen LogP contribution >= 0.6 is 0 Å². The topological polar surface area (TPSA) is 12.0 Å². The summed E-state index contributed by atoms with van der Waals surface area (Å²) in [4.78, 5) is 0. The van der Waals surface area contributed by atoms with Crippen molar-refractivity contribution in [2.75, 3.05) is 13.1 Å². The summed E-state index contributed by atoms with van der Waals surface area (Å²) in [5.74, 6) is 0. The lowest BCUT2D eigenvalue weighted by Gasteiger charge is -2.33. The van der Waals surface area contributed by atoms with Gasteiger partial charge in [-0.25, -0.2) is 4.39 Å². The van der Waals surface area contributed by atoms with E-state index in [0.717, 1.165) is 13.1 Å². The van der Waals surface area contributed by atoms with Crippen molar-refractivity contribution in [3.8, 4) is 0 Å². The van der Waals surface area contributed by atoms with Gasteiger partial charge in [-0.2, -0.15) is 0 Å². The zero-order valence-electron chi connectivity index (χ0n) is 6.08. The minimum absolute atomic E-state index is 0.141. The summed E-state index contributed by atoms with van der Waals surface area (Å²) >= 11 is 0. The SMILES string of the molecule is CC1(C)CNCC[C@H]1F. The Labute approximate surface area is 55.6 Å². The second-order valence-corrected chi connectivity index (χ2v) is 3.42. The van der Waals surface area contributed by atoms with Gasteiger partial charge in [0.2, 0.25) is 0 Å². The Bertz CT molecular complexity index is 101. The van der Waals surface area contributed by atoms with Gasteiger partial charge in [-0.15, -0.1) is 0 Å². The van der Waals surface area contributed by atoms with Crippen LogP contribution in [0, 0.1) is 5.41 Å². The van der Waals surface area contributed by atoms with Gasteiger partial charge in [-0.05, 0) is 13.0 Å². The predicted octanol–water partition coefficient (Wildman–Crippen LogP) is 1.34. The van der Waals surface area contributed by atoms with Crippen LogP contribution in [0.4, 0.5) is 4.39 Å². The summed E-state index contributed by atoms with van der Waals surface area (Å²) in [6.07, 6.45) is 0.0613. The minimum atomic E-state index is -0.612. The second kappa shape index (κ2) is 2.25. The molecule has 1 heterocycles. The van der Waals surface area contributed by atoms with E-state index in [9.17, 15) is 4.39 Å². The second-order valence-electron chi connectivity index (χ2n) is 3.42. The molecule has 0 amide bonds. The minimum Gasteiger partial charge on any atom is -0.316 e. The van der Waals surface area contributed by atoms with Crippen LogP contribution in [0.1, 0.15) is 20.3 Å². The Hall–Kier alpha value is -0.110. The molecule has 0 aliphatic carbocycles. The van der Waals surface area contributed by atoms with E-state index >= 15 is 0 Å². The van der Waals surface area contributed by atoms with Crippen molar-refractivity contribution < 1.29 is 4.39 Å². The van der Waals surface area contributed by atoms with Gasteiger partial charge < -0.3 is 5.32 Å². The van der Waals surface area contributed by atoms with Gasteiger partial charge >= 0.3 is 0 Å². The van der Waals surface area contributed by atoms with Gasteiger partial charge in [0.05, 0.1) is 0 Å². The van der Waals surface area contributed by atoms with E-state index in [-0.39, 0.29) is 5.41 Å². The average Bonchev–Trinajstić information content (AvgIpc) is 1.77. The molecule has 1 saturated heterocycles. The third-order valence-electron chi connectivity index (χ3n) is 2.00. The Kier molecular flexibility index (Phi) is 1.75. The quantitative estimate of drug-likeness (QED) is 0.523. The Morgan fingerprint density at radius 1 is 1.56 bits per heavy atom. The lowest BCUT2D eigenvalue weighted by atomic mass is 9.83. The maximum Gasteiger partial charge on any atom is 0.108 e. The number of piperidine rings is 1. The van der Waals surface area contributed by atoms with Crippen LogP contribution < -0.4 is 5.32 Å². The maximum absolute atomic E-state index is 12.9. The van der Waals surface area contributed by atoms with E-state index in [1.54, 1.807) is 0 Å². The van der Waals surface area contributed by atoms with Crippen molar-refractivity contribution >= 4 is 0 Å². The van der Waals surface area contributed by atoms with Gasteiger partial charge in [-0.1, -0.05) is 13.8 Å². The van der Waals surface area contributed by atoms with E-state index in [4.69, 9.17) is 0 Å². The molecular weight excluding hydrogens is 117 g/mol. The van der Waals surface area contributed by atoms with E-state index < -0.39 is 6.17 Å². The van der Waals surface area contributed by atoms with Crippen LogP contribution in [-0.2, 0) is 0 Å². The van der Waals surface area contributed by atoms with Crippen LogP contribution in [0.15, 0.2) is 0 Å². The molecule has 1 aliphatic rings. The number of nitrogens with one attached hydrogen (secondary N) is 1. The Morgan fingerprint density at radius 2 is 2.22 bits per heavy atom. The smallest absolute Gasteiger partial charge is 0.108 e. The van der Waals surface area contributed by atoms with E-state index in [1.165, 1.54) is 0 Å². The van der Waals surface area contributed by atoms with Crippen LogP contribution in [0.2, 0.25) is 0 Å². The fourth-order valence-electron chi connectivity index (χ4n) is 1.14. The molecule has 0 radical (unpaired) electrons. The number of hydrogen-bond donors (Lipinski definition) is 1. The third kappa shape index (κ3) is 1.42. The molecule has 0 saturated carbocycles.